The highest BCUT2D eigenvalue weighted by molar-refractivity contribution is 5.67. The highest BCUT2D eigenvalue weighted by atomic mass is 19.1. The summed E-state index contributed by atoms with van der Waals surface area (Å²) in [5, 5.41) is 0. The smallest absolute Gasteiger partial charge is 0.410 e. The molecule has 1 aromatic rings. The van der Waals surface area contributed by atoms with Crippen molar-refractivity contribution in [1.82, 2.24) is 4.90 Å². The van der Waals surface area contributed by atoms with Crippen molar-refractivity contribution in [3.05, 3.63) is 35.9 Å². The molecular formula is C13H19FN2O2. The molecule has 0 aromatic heterocycles. The van der Waals surface area contributed by atoms with Crippen LogP contribution in [0.2, 0.25) is 0 Å². The molecule has 1 rings (SSSR count). The predicted octanol–water partition coefficient (Wildman–Crippen LogP) is 1.94. The maximum absolute atomic E-state index is 12.1. The van der Waals surface area contributed by atoms with Crippen molar-refractivity contribution in [3.63, 3.8) is 0 Å². The zero-order valence-corrected chi connectivity index (χ0v) is 10.3. The summed E-state index contributed by atoms with van der Waals surface area (Å²) >= 11 is 0. The lowest BCUT2D eigenvalue weighted by Crippen LogP contribution is -2.36. The molecule has 0 atom stereocenters. The Morgan fingerprint density at radius 1 is 1.28 bits per heavy atom. The molecule has 0 bridgehead atoms. The van der Waals surface area contributed by atoms with Crippen LogP contribution in [-0.2, 0) is 11.3 Å². The van der Waals surface area contributed by atoms with E-state index in [0.717, 1.165) is 5.56 Å². The highest BCUT2D eigenvalue weighted by Gasteiger charge is 2.13. The summed E-state index contributed by atoms with van der Waals surface area (Å²) in [6, 6.07) is 9.41. The molecule has 0 saturated carbocycles. The number of hydrogen-bond acceptors (Lipinski definition) is 3. The van der Waals surface area contributed by atoms with Gasteiger partial charge in [-0.05, 0) is 12.0 Å². The van der Waals surface area contributed by atoms with Crippen LogP contribution in [0.4, 0.5) is 9.18 Å². The molecule has 0 radical (unpaired) electrons. The van der Waals surface area contributed by atoms with Crippen LogP contribution < -0.4 is 5.73 Å². The summed E-state index contributed by atoms with van der Waals surface area (Å²) in [4.78, 5) is 13.2. The molecule has 2 N–H and O–H groups in total. The predicted molar refractivity (Wildman–Crippen MR) is 67.8 cm³/mol. The van der Waals surface area contributed by atoms with Gasteiger partial charge in [0.15, 0.2) is 0 Å². The van der Waals surface area contributed by atoms with Crippen LogP contribution in [0.1, 0.15) is 12.0 Å². The third-order valence-electron chi connectivity index (χ3n) is 2.42. The SMILES string of the molecule is NCCN(CCCF)C(=O)OCc1ccccc1. The van der Waals surface area contributed by atoms with Crippen LogP contribution in [0, 0.1) is 0 Å². The van der Waals surface area contributed by atoms with Gasteiger partial charge in [0.1, 0.15) is 6.61 Å². The molecule has 0 heterocycles. The monoisotopic (exact) mass is 254 g/mol. The van der Waals surface area contributed by atoms with Crippen molar-refractivity contribution in [2.24, 2.45) is 5.73 Å². The van der Waals surface area contributed by atoms with E-state index in [-0.39, 0.29) is 6.61 Å². The zero-order valence-electron chi connectivity index (χ0n) is 10.3. The third kappa shape index (κ3) is 5.14. The molecule has 0 saturated heterocycles. The Hall–Kier alpha value is -1.62. The Bertz CT molecular complexity index is 346. The minimum absolute atomic E-state index is 0.219. The van der Waals surface area contributed by atoms with E-state index in [2.05, 4.69) is 0 Å². The van der Waals surface area contributed by atoms with Crippen LogP contribution in [0.15, 0.2) is 30.3 Å². The molecule has 0 aliphatic rings. The topological polar surface area (TPSA) is 55.6 Å². The average molecular weight is 254 g/mol. The Kier molecular flexibility index (Phi) is 6.79. The molecule has 0 spiro atoms. The standard InChI is InChI=1S/C13H19FN2O2/c14-7-4-9-16(10-8-15)13(17)18-11-12-5-2-1-3-6-12/h1-3,5-6H,4,7-11,15H2. The zero-order chi connectivity index (χ0) is 13.2. The fourth-order valence-electron chi connectivity index (χ4n) is 1.51. The first-order valence-corrected chi connectivity index (χ1v) is 5.99. The van der Waals surface area contributed by atoms with Crippen LogP contribution in [0.25, 0.3) is 0 Å². The van der Waals surface area contributed by atoms with Gasteiger partial charge < -0.3 is 15.4 Å². The lowest BCUT2D eigenvalue weighted by Gasteiger charge is -2.20. The largest absolute Gasteiger partial charge is 0.445 e. The number of amides is 1. The second-order valence-electron chi connectivity index (χ2n) is 3.86. The molecule has 0 fully saturated rings. The van der Waals surface area contributed by atoms with E-state index in [0.29, 0.717) is 26.1 Å². The number of alkyl halides is 1. The van der Waals surface area contributed by atoms with Crippen molar-refractivity contribution in [3.8, 4) is 0 Å². The van der Waals surface area contributed by atoms with Crippen LogP contribution in [0.5, 0.6) is 0 Å². The van der Waals surface area contributed by atoms with Crippen LogP contribution in [-0.4, -0.2) is 37.3 Å². The summed E-state index contributed by atoms with van der Waals surface area (Å²) in [5.41, 5.74) is 6.32. The minimum atomic E-state index is -0.451. The normalized spacial score (nSPS) is 10.1. The van der Waals surface area contributed by atoms with Crippen molar-refractivity contribution < 1.29 is 13.9 Å². The number of nitrogens with two attached hydrogens (primary N) is 1. The Morgan fingerprint density at radius 2 is 2.00 bits per heavy atom. The number of ether oxygens (including phenoxy) is 1. The van der Waals surface area contributed by atoms with Gasteiger partial charge in [0.05, 0.1) is 6.67 Å². The lowest BCUT2D eigenvalue weighted by atomic mass is 10.2. The Balaban J connectivity index is 2.40. The van der Waals surface area contributed by atoms with E-state index >= 15 is 0 Å². The molecular weight excluding hydrogens is 235 g/mol. The average Bonchev–Trinajstić information content (AvgIpc) is 2.42. The number of benzene rings is 1. The van der Waals surface area contributed by atoms with Gasteiger partial charge in [0.2, 0.25) is 0 Å². The van der Waals surface area contributed by atoms with E-state index in [1.807, 2.05) is 30.3 Å². The molecule has 1 aromatic carbocycles. The Morgan fingerprint density at radius 3 is 2.61 bits per heavy atom. The van der Waals surface area contributed by atoms with Crippen molar-refractivity contribution in [1.29, 1.82) is 0 Å². The summed E-state index contributed by atoms with van der Waals surface area (Å²) in [7, 11) is 0. The van der Waals surface area contributed by atoms with E-state index in [9.17, 15) is 9.18 Å². The molecule has 0 unspecified atom stereocenters. The van der Waals surface area contributed by atoms with Gasteiger partial charge in [-0.3, -0.25) is 4.39 Å². The fourth-order valence-corrected chi connectivity index (χ4v) is 1.51. The van der Waals surface area contributed by atoms with E-state index < -0.39 is 12.8 Å². The van der Waals surface area contributed by atoms with Gasteiger partial charge in [-0.1, -0.05) is 30.3 Å². The first kappa shape index (κ1) is 14.4. The quantitative estimate of drug-likeness (QED) is 0.809. The first-order valence-electron chi connectivity index (χ1n) is 5.99. The number of nitrogens with zero attached hydrogens (tertiary/aromatic N) is 1. The van der Waals surface area contributed by atoms with Gasteiger partial charge in [-0.15, -0.1) is 0 Å². The summed E-state index contributed by atoms with van der Waals surface area (Å²) in [6.07, 6.45) is -0.141. The van der Waals surface area contributed by atoms with Gasteiger partial charge in [0.25, 0.3) is 0 Å². The minimum Gasteiger partial charge on any atom is -0.445 e. The van der Waals surface area contributed by atoms with Gasteiger partial charge in [-0.25, -0.2) is 4.79 Å². The van der Waals surface area contributed by atoms with Crippen molar-refractivity contribution >= 4 is 6.09 Å². The molecule has 4 nitrogen and oxygen atoms in total. The molecule has 0 aliphatic heterocycles. The third-order valence-corrected chi connectivity index (χ3v) is 2.42. The molecule has 100 valence electrons. The summed E-state index contributed by atoms with van der Waals surface area (Å²) in [6.45, 7) is 0.824. The second kappa shape index (κ2) is 8.47. The van der Waals surface area contributed by atoms with E-state index in [4.69, 9.17) is 10.5 Å². The van der Waals surface area contributed by atoms with E-state index in [1.165, 1.54) is 4.90 Å². The van der Waals surface area contributed by atoms with Gasteiger partial charge >= 0.3 is 6.09 Å². The highest BCUT2D eigenvalue weighted by Crippen LogP contribution is 2.03. The van der Waals surface area contributed by atoms with Gasteiger partial charge in [0, 0.05) is 19.6 Å². The number of halogens is 1. The number of carbonyl (C=O) groups is 1. The fraction of sp³-hybridized carbons (Fsp3) is 0.462. The first-order chi connectivity index (χ1) is 8.77. The second-order valence-corrected chi connectivity index (χ2v) is 3.86. The maximum Gasteiger partial charge on any atom is 0.410 e. The Labute approximate surface area is 107 Å². The molecule has 0 aliphatic carbocycles. The lowest BCUT2D eigenvalue weighted by molar-refractivity contribution is 0.0960. The number of rotatable bonds is 7. The number of hydrogen-bond donors (Lipinski definition) is 1. The van der Waals surface area contributed by atoms with Crippen LogP contribution in [0.3, 0.4) is 0 Å². The molecule has 5 heteroatoms. The summed E-state index contributed by atoms with van der Waals surface area (Å²) in [5.74, 6) is 0. The van der Waals surface area contributed by atoms with E-state index in [1.54, 1.807) is 0 Å². The maximum atomic E-state index is 12.1. The van der Waals surface area contributed by atoms with Crippen LogP contribution >= 0.6 is 0 Å². The molecule has 1 amide bonds. The van der Waals surface area contributed by atoms with Crippen molar-refractivity contribution in [2.45, 2.75) is 13.0 Å². The molecule has 18 heavy (non-hydrogen) atoms. The van der Waals surface area contributed by atoms with Gasteiger partial charge in [-0.2, -0.15) is 0 Å². The van der Waals surface area contributed by atoms with Crippen molar-refractivity contribution in [2.75, 3.05) is 26.3 Å². The number of carbonyl (C=O) groups excluding carboxylic acids is 1. The summed E-state index contributed by atoms with van der Waals surface area (Å²) < 4.78 is 17.2.